The van der Waals surface area contributed by atoms with Crippen molar-refractivity contribution in [1.82, 2.24) is 25.6 Å². The molecule has 0 bridgehead atoms. The molecule has 0 radical (unpaired) electrons. The van der Waals surface area contributed by atoms with Crippen molar-refractivity contribution in [2.45, 2.75) is 31.7 Å². The van der Waals surface area contributed by atoms with Crippen molar-refractivity contribution < 1.29 is 4.79 Å². The number of hydrogen-bond acceptors (Lipinski definition) is 8. The molecule has 1 atom stereocenters. The molecule has 160 valence electrons. The maximum absolute atomic E-state index is 12.3. The summed E-state index contributed by atoms with van der Waals surface area (Å²) < 4.78 is 0. The van der Waals surface area contributed by atoms with Gasteiger partial charge in [0.25, 0.3) is 0 Å². The van der Waals surface area contributed by atoms with E-state index in [9.17, 15) is 4.79 Å². The summed E-state index contributed by atoms with van der Waals surface area (Å²) in [7, 11) is 0. The van der Waals surface area contributed by atoms with Crippen LogP contribution in [0.25, 0.3) is 0 Å². The number of anilines is 3. The fraction of sp³-hybridized carbons (Fsp3) is 0.524. The fourth-order valence-electron chi connectivity index (χ4n) is 3.71. The first-order valence-electron chi connectivity index (χ1n) is 10.8. The van der Waals surface area contributed by atoms with Crippen molar-refractivity contribution in [3.05, 3.63) is 35.9 Å². The van der Waals surface area contributed by atoms with E-state index in [0.29, 0.717) is 17.8 Å². The molecule has 0 spiro atoms. The summed E-state index contributed by atoms with van der Waals surface area (Å²) in [4.78, 5) is 28.3. The number of carbonyl (C=O) groups excluding carboxylic acids is 1. The van der Waals surface area contributed by atoms with E-state index >= 15 is 0 Å². The monoisotopic (exact) mass is 410 g/mol. The van der Waals surface area contributed by atoms with E-state index in [1.54, 1.807) is 0 Å². The average molecular weight is 411 g/mol. The molecule has 1 unspecified atom stereocenters. The van der Waals surface area contributed by atoms with E-state index in [-0.39, 0.29) is 11.9 Å². The lowest BCUT2D eigenvalue weighted by Crippen LogP contribution is -2.44. The van der Waals surface area contributed by atoms with Crippen molar-refractivity contribution in [2.75, 3.05) is 54.8 Å². The number of nitrogens with one attached hydrogen (secondary N) is 4. The van der Waals surface area contributed by atoms with Crippen molar-refractivity contribution in [3.63, 3.8) is 0 Å². The van der Waals surface area contributed by atoms with Crippen molar-refractivity contribution in [2.24, 2.45) is 0 Å². The van der Waals surface area contributed by atoms with E-state index in [1.165, 1.54) is 5.56 Å². The molecule has 9 nitrogen and oxygen atoms in total. The molecule has 30 heavy (non-hydrogen) atoms. The van der Waals surface area contributed by atoms with Crippen LogP contribution < -0.4 is 26.2 Å². The summed E-state index contributed by atoms with van der Waals surface area (Å²) in [6.45, 7) is 4.94. The number of benzene rings is 1. The maximum atomic E-state index is 12.3. The first-order valence-corrected chi connectivity index (χ1v) is 10.8. The van der Waals surface area contributed by atoms with Crippen LogP contribution >= 0.6 is 0 Å². The minimum Gasteiger partial charge on any atom is -0.354 e. The Labute approximate surface area is 177 Å². The van der Waals surface area contributed by atoms with Crippen LogP contribution in [0.4, 0.5) is 17.8 Å². The molecule has 2 aromatic rings. The maximum Gasteiger partial charge on any atom is 0.242 e. The first kappa shape index (κ1) is 20.3. The van der Waals surface area contributed by atoms with E-state index in [0.717, 1.165) is 65.0 Å². The largest absolute Gasteiger partial charge is 0.354 e. The number of nitrogens with zero attached hydrogens (tertiary/aromatic N) is 4. The van der Waals surface area contributed by atoms with Gasteiger partial charge in [-0.1, -0.05) is 30.3 Å². The van der Waals surface area contributed by atoms with Gasteiger partial charge in [-0.15, -0.1) is 0 Å². The van der Waals surface area contributed by atoms with Crippen LogP contribution in [0.3, 0.4) is 0 Å². The van der Waals surface area contributed by atoms with Crippen LogP contribution in [0.15, 0.2) is 30.3 Å². The van der Waals surface area contributed by atoms with Gasteiger partial charge in [0.1, 0.15) is 6.04 Å². The molecule has 1 aromatic carbocycles. The number of carbonyl (C=O) groups is 1. The molecule has 9 heteroatoms. The van der Waals surface area contributed by atoms with E-state index in [2.05, 4.69) is 53.3 Å². The third-order valence-electron chi connectivity index (χ3n) is 5.40. The molecule has 3 heterocycles. The Bertz CT molecular complexity index is 825. The predicted molar refractivity (Wildman–Crippen MR) is 118 cm³/mol. The molecule has 4 rings (SSSR count). The van der Waals surface area contributed by atoms with Gasteiger partial charge in [-0.25, -0.2) is 0 Å². The van der Waals surface area contributed by atoms with Gasteiger partial charge < -0.3 is 26.2 Å². The minimum atomic E-state index is -0.317. The Hall–Kier alpha value is -2.94. The molecule has 2 aliphatic heterocycles. The summed E-state index contributed by atoms with van der Waals surface area (Å²) in [5, 5.41) is 12.9. The molecule has 0 aliphatic carbocycles. The van der Waals surface area contributed by atoms with Crippen LogP contribution in [0.1, 0.15) is 24.8 Å². The van der Waals surface area contributed by atoms with E-state index in [1.807, 2.05) is 18.2 Å². The summed E-state index contributed by atoms with van der Waals surface area (Å²) in [5.41, 5.74) is 1.26. The van der Waals surface area contributed by atoms with Gasteiger partial charge in [-0.2, -0.15) is 15.0 Å². The van der Waals surface area contributed by atoms with Crippen LogP contribution in [0, 0.1) is 0 Å². The van der Waals surface area contributed by atoms with Gasteiger partial charge in [0.05, 0.1) is 0 Å². The Morgan fingerprint density at radius 2 is 1.80 bits per heavy atom. The van der Waals surface area contributed by atoms with Gasteiger partial charge in [0.15, 0.2) is 0 Å². The van der Waals surface area contributed by atoms with E-state index in [4.69, 9.17) is 0 Å². The minimum absolute atomic E-state index is 0.00946. The summed E-state index contributed by atoms with van der Waals surface area (Å²) in [5.74, 6) is 1.63. The van der Waals surface area contributed by atoms with Gasteiger partial charge in [0, 0.05) is 39.3 Å². The SMILES string of the molecule is O=C1NCCCCC1Nc1nc(NCCc2ccccc2)nc(N2CCNCC2)n1. The summed E-state index contributed by atoms with van der Waals surface area (Å²) >= 11 is 0. The second kappa shape index (κ2) is 10.2. The van der Waals surface area contributed by atoms with Crippen LogP contribution in [-0.2, 0) is 11.2 Å². The highest BCUT2D eigenvalue weighted by Crippen LogP contribution is 2.17. The normalized spacial score (nSPS) is 19.7. The number of rotatable bonds is 7. The third kappa shape index (κ3) is 5.56. The molecule has 2 aliphatic rings. The van der Waals surface area contributed by atoms with Crippen LogP contribution in [-0.4, -0.2) is 66.2 Å². The predicted octanol–water partition coefficient (Wildman–Crippen LogP) is 1.02. The Morgan fingerprint density at radius 1 is 1.00 bits per heavy atom. The molecule has 1 aromatic heterocycles. The fourth-order valence-corrected chi connectivity index (χ4v) is 3.71. The Balaban J connectivity index is 1.49. The number of aromatic nitrogens is 3. The topological polar surface area (TPSA) is 107 Å². The standard InChI is InChI=1S/C21H30N8O/c30-18-17(8-4-5-10-23-18)25-20-26-19(24-11-9-16-6-2-1-3-7-16)27-21(28-20)29-14-12-22-13-15-29/h1-3,6-7,17,22H,4-5,8-15H2,(H,23,30)(H2,24,25,26,27,28). The lowest BCUT2D eigenvalue weighted by atomic mass is 10.1. The van der Waals surface area contributed by atoms with E-state index < -0.39 is 0 Å². The third-order valence-corrected chi connectivity index (χ3v) is 5.40. The zero-order valence-corrected chi connectivity index (χ0v) is 17.2. The second-order valence-corrected chi connectivity index (χ2v) is 7.67. The molecule has 2 fully saturated rings. The van der Waals surface area contributed by atoms with Gasteiger partial charge in [-0.3, -0.25) is 4.79 Å². The molecule has 4 N–H and O–H groups in total. The Kier molecular flexibility index (Phi) is 6.91. The molecule has 1 amide bonds. The number of amides is 1. The first-order chi connectivity index (χ1) is 14.8. The number of piperazine rings is 1. The zero-order valence-electron chi connectivity index (χ0n) is 17.2. The number of hydrogen-bond donors (Lipinski definition) is 4. The quantitative estimate of drug-likeness (QED) is 0.536. The van der Waals surface area contributed by atoms with Gasteiger partial charge >= 0.3 is 0 Å². The van der Waals surface area contributed by atoms with Crippen LogP contribution in [0.2, 0.25) is 0 Å². The highest BCUT2D eigenvalue weighted by Gasteiger charge is 2.23. The zero-order chi connectivity index (χ0) is 20.6. The second-order valence-electron chi connectivity index (χ2n) is 7.67. The smallest absolute Gasteiger partial charge is 0.242 e. The van der Waals surface area contributed by atoms with Crippen molar-refractivity contribution in [1.29, 1.82) is 0 Å². The van der Waals surface area contributed by atoms with Crippen molar-refractivity contribution >= 4 is 23.8 Å². The summed E-state index contributed by atoms with van der Waals surface area (Å²) in [6.07, 6.45) is 3.65. The Morgan fingerprint density at radius 3 is 2.63 bits per heavy atom. The van der Waals surface area contributed by atoms with Gasteiger partial charge in [-0.05, 0) is 31.2 Å². The lowest BCUT2D eigenvalue weighted by Gasteiger charge is -2.28. The highest BCUT2D eigenvalue weighted by molar-refractivity contribution is 5.84. The van der Waals surface area contributed by atoms with Gasteiger partial charge in [0.2, 0.25) is 23.8 Å². The van der Waals surface area contributed by atoms with Crippen LogP contribution in [0.5, 0.6) is 0 Å². The molecular formula is C21H30N8O. The average Bonchev–Trinajstić information content (AvgIpc) is 2.99. The molecule has 0 saturated carbocycles. The summed E-state index contributed by atoms with van der Waals surface area (Å²) in [6, 6.07) is 10.0. The highest BCUT2D eigenvalue weighted by atomic mass is 16.2. The molecule has 2 saturated heterocycles. The van der Waals surface area contributed by atoms with Crippen molar-refractivity contribution in [3.8, 4) is 0 Å². The molecular weight excluding hydrogens is 380 g/mol. The lowest BCUT2D eigenvalue weighted by molar-refractivity contribution is -0.121.